The molecule has 0 aromatic carbocycles. The minimum atomic E-state index is 0.0777. The molecule has 0 bridgehead atoms. The van der Waals surface area contributed by atoms with Crippen LogP contribution < -0.4 is 10.6 Å². The van der Waals surface area contributed by atoms with Gasteiger partial charge in [0.2, 0.25) is 5.91 Å². The monoisotopic (exact) mass is 264 g/mol. The fourth-order valence-corrected chi connectivity index (χ4v) is 2.69. The van der Waals surface area contributed by atoms with Gasteiger partial charge in [-0.2, -0.15) is 5.10 Å². The summed E-state index contributed by atoms with van der Waals surface area (Å²) in [5.41, 5.74) is 2.79. The Morgan fingerprint density at radius 3 is 2.79 bits per heavy atom. The van der Waals surface area contributed by atoms with Crippen molar-refractivity contribution in [3.63, 3.8) is 0 Å². The van der Waals surface area contributed by atoms with Gasteiger partial charge in [-0.3, -0.25) is 9.48 Å². The maximum absolute atomic E-state index is 12.1. The normalized spacial score (nSPS) is 19.1. The third-order valence-electron chi connectivity index (χ3n) is 3.67. The van der Waals surface area contributed by atoms with Gasteiger partial charge >= 0.3 is 0 Å². The van der Waals surface area contributed by atoms with Crippen molar-refractivity contribution >= 4 is 11.6 Å². The van der Waals surface area contributed by atoms with Crippen molar-refractivity contribution in [2.45, 2.75) is 59.0 Å². The molecule has 1 atom stereocenters. The zero-order chi connectivity index (χ0) is 14.0. The number of carbonyl (C=O) groups excluding carboxylic acids is 1. The number of anilines is 1. The molecule has 1 aromatic heterocycles. The van der Waals surface area contributed by atoms with Gasteiger partial charge in [0.1, 0.15) is 0 Å². The Kier molecular flexibility index (Phi) is 4.24. The molecule has 1 saturated heterocycles. The highest BCUT2D eigenvalue weighted by Gasteiger charge is 2.20. The second-order valence-electron chi connectivity index (χ2n) is 5.63. The van der Waals surface area contributed by atoms with Crippen LogP contribution in [0.3, 0.4) is 0 Å². The van der Waals surface area contributed by atoms with Gasteiger partial charge in [0.25, 0.3) is 0 Å². The third kappa shape index (κ3) is 3.15. The van der Waals surface area contributed by atoms with Crippen LogP contribution in [0.4, 0.5) is 5.69 Å². The van der Waals surface area contributed by atoms with E-state index in [1.54, 1.807) is 0 Å². The largest absolute Gasteiger partial charge is 0.323 e. The quantitative estimate of drug-likeness (QED) is 0.876. The molecule has 2 N–H and O–H groups in total. The molecule has 0 aliphatic carbocycles. The first kappa shape index (κ1) is 14.1. The molecule has 1 fully saturated rings. The Labute approximate surface area is 114 Å². The topological polar surface area (TPSA) is 59.0 Å². The molecule has 19 heavy (non-hydrogen) atoms. The van der Waals surface area contributed by atoms with E-state index in [4.69, 9.17) is 0 Å². The lowest BCUT2D eigenvalue weighted by Crippen LogP contribution is -2.27. The van der Waals surface area contributed by atoms with Crippen molar-refractivity contribution in [3.8, 4) is 0 Å². The van der Waals surface area contributed by atoms with E-state index in [-0.39, 0.29) is 5.91 Å². The van der Waals surface area contributed by atoms with Gasteiger partial charge in [-0.25, -0.2) is 0 Å². The fraction of sp³-hybridized carbons (Fsp3) is 0.714. The van der Waals surface area contributed by atoms with Crippen molar-refractivity contribution in [1.82, 2.24) is 15.1 Å². The summed E-state index contributed by atoms with van der Waals surface area (Å²) in [4.78, 5) is 12.1. The van der Waals surface area contributed by atoms with Gasteiger partial charge in [0.05, 0.1) is 17.1 Å². The van der Waals surface area contributed by atoms with Crippen molar-refractivity contribution < 1.29 is 4.79 Å². The number of carbonyl (C=O) groups is 1. The van der Waals surface area contributed by atoms with Crippen LogP contribution in [-0.2, 0) is 4.79 Å². The minimum absolute atomic E-state index is 0.0777. The molecule has 2 rings (SSSR count). The van der Waals surface area contributed by atoms with Crippen molar-refractivity contribution in [1.29, 1.82) is 0 Å². The molecule has 0 spiro atoms. The summed E-state index contributed by atoms with van der Waals surface area (Å²) < 4.78 is 1.96. The standard InChI is InChI=1S/C14H24N4O/c1-9(2)18-11(4)14(10(3)17-18)16-13(19)8-12-6-5-7-15-12/h9,12,15H,5-8H2,1-4H3,(H,16,19). The van der Waals surface area contributed by atoms with Crippen molar-refractivity contribution in [2.24, 2.45) is 0 Å². The second kappa shape index (κ2) is 5.74. The van der Waals surface area contributed by atoms with E-state index >= 15 is 0 Å². The second-order valence-corrected chi connectivity index (χ2v) is 5.63. The first-order valence-corrected chi connectivity index (χ1v) is 7.08. The lowest BCUT2D eigenvalue weighted by molar-refractivity contribution is -0.116. The molecule has 1 unspecified atom stereocenters. The highest BCUT2D eigenvalue weighted by atomic mass is 16.1. The number of hydrogen-bond acceptors (Lipinski definition) is 3. The number of nitrogens with zero attached hydrogens (tertiary/aromatic N) is 2. The van der Waals surface area contributed by atoms with E-state index in [2.05, 4.69) is 29.6 Å². The predicted octanol–water partition coefficient (Wildman–Crippen LogP) is 2.16. The van der Waals surface area contributed by atoms with Crippen LogP contribution in [0.2, 0.25) is 0 Å². The van der Waals surface area contributed by atoms with Gasteiger partial charge in [-0.15, -0.1) is 0 Å². The zero-order valence-corrected chi connectivity index (χ0v) is 12.3. The average Bonchev–Trinajstić information content (AvgIpc) is 2.92. The summed E-state index contributed by atoms with van der Waals surface area (Å²) in [7, 11) is 0. The highest BCUT2D eigenvalue weighted by Crippen LogP contribution is 2.23. The Bertz CT molecular complexity index is 458. The number of aromatic nitrogens is 2. The summed E-state index contributed by atoms with van der Waals surface area (Å²) in [5, 5.41) is 10.8. The summed E-state index contributed by atoms with van der Waals surface area (Å²) in [6.45, 7) is 9.15. The third-order valence-corrected chi connectivity index (χ3v) is 3.67. The highest BCUT2D eigenvalue weighted by molar-refractivity contribution is 5.92. The van der Waals surface area contributed by atoms with Crippen molar-refractivity contribution in [3.05, 3.63) is 11.4 Å². The van der Waals surface area contributed by atoms with Crippen LogP contribution in [0.15, 0.2) is 0 Å². The molecular weight excluding hydrogens is 240 g/mol. The van der Waals surface area contributed by atoms with Crippen LogP contribution in [0.5, 0.6) is 0 Å². The van der Waals surface area contributed by atoms with Crippen LogP contribution in [0.1, 0.15) is 50.5 Å². The smallest absolute Gasteiger partial charge is 0.226 e. The summed E-state index contributed by atoms with van der Waals surface area (Å²) >= 11 is 0. The zero-order valence-electron chi connectivity index (χ0n) is 12.3. The van der Waals surface area contributed by atoms with Crippen LogP contribution in [0, 0.1) is 13.8 Å². The molecule has 5 heteroatoms. The average molecular weight is 264 g/mol. The minimum Gasteiger partial charge on any atom is -0.323 e. The molecule has 5 nitrogen and oxygen atoms in total. The van der Waals surface area contributed by atoms with Crippen LogP contribution in [-0.4, -0.2) is 28.3 Å². The maximum Gasteiger partial charge on any atom is 0.226 e. The van der Waals surface area contributed by atoms with E-state index in [0.29, 0.717) is 18.5 Å². The molecule has 2 heterocycles. The molecule has 106 valence electrons. The Balaban J connectivity index is 2.03. The number of nitrogens with one attached hydrogen (secondary N) is 2. The van der Waals surface area contributed by atoms with Gasteiger partial charge < -0.3 is 10.6 Å². The van der Waals surface area contributed by atoms with Gasteiger partial charge in [0.15, 0.2) is 0 Å². The van der Waals surface area contributed by atoms with Crippen LogP contribution >= 0.6 is 0 Å². The SMILES string of the molecule is Cc1nn(C(C)C)c(C)c1NC(=O)CC1CCCN1. The molecule has 0 saturated carbocycles. The summed E-state index contributed by atoms with van der Waals surface area (Å²) in [6.07, 6.45) is 2.81. The molecular formula is C14H24N4O. The first-order chi connectivity index (χ1) is 8.99. The molecule has 1 aromatic rings. The summed E-state index contributed by atoms with van der Waals surface area (Å²) in [6, 6.07) is 0.640. The van der Waals surface area contributed by atoms with Gasteiger partial charge in [0, 0.05) is 18.5 Å². The maximum atomic E-state index is 12.1. The Hall–Kier alpha value is -1.36. The Morgan fingerprint density at radius 2 is 2.26 bits per heavy atom. The van der Waals surface area contributed by atoms with Crippen LogP contribution in [0.25, 0.3) is 0 Å². The molecule has 1 aliphatic heterocycles. The van der Waals surface area contributed by atoms with E-state index < -0.39 is 0 Å². The molecule has 1 aliphatic rings. The number of amides is 1. The summed E-state index contributed by atoms with van der Waals surface area (Å²) in [5.74, 6) is 0.0777. The molecule has 0 radical (unpaired) electrons. The molecule has 1 amide bonds. The number of aryl methyl sites for hydroxylation is 1. The van der Waals surface area contributed by atoms with E-state index in [1.165, 1.54) is 6.42 Å². The first-order valence-electron chi connectivity index (χ1n) is 7.08. The van der Waals surface area contributed by atoms with E-state index in [1.807, 2.05) is 18.5 Å². The Morgan fingerprint density at radius 1 is 1.53 bits per heavy atom. The predicted molar refractivity (Wildman–Crippen MR) is 76.4 cm³/mol. The van der Waals surface area contributed by atoms with E-state index in [9.17, 15) is 4.79 Å². The number of hydrogen-bond donors (Lipinski definition) is 2. The fourth-order valence-electron chi connectivity index (χ4n) is 2.69. The lowest BCUT2D eigenvalue weighted by atomic mass is 10.1. The lowest BCUT2D eigenvalue weighted by Gasteiger charge is -2.11. The van der Waals surface area contributed by atoms with Gasteiger partial charge in [-0.1, -0.05) is 0 Å². The van der Waals surface area contributed by atoms with Gasteiger partial charge in [-0.05, 0) is 47.1 Å². The van der Waals surface area contributed by atoms with Crippen molar-refractivity contribution in [2.75, 3.05) is 11.9 Å². The number of rotatable bonds is 4. The van der Waals surface area contributed by atoms with E-state index in [0.717, 1.165) is 30.0 Å².